The standard InChI is InChI=1S/C15H17F2N3/c1-3-15-11(7-9(2)19-20-15)14(18)8-10-12(16)5-4-6-13(10)17/h4-7,14H,3,8,18H2,1-2H3. The summed E-state index contributed by atoms with van der Waals surface area (Å²) in [5, 5.41) is 8.07. The predicted molar refractivity (Wildman–Crippen MR) is 73.1 cm³/mol. The Kier molecular flexibility index (Phi) is 4.39. The molecule has 106 valence electrons. The van der Waals surface area contributed by atoms with Crippen molar-refractivity contribution >= 4 is 0 Å². The smallest absolute Gasteiger partial charge is 0.129 e. The van der Waals surface area contributed by atoms with E-state index in [0.29, 0.717) is 6.42 Å². The molecule has 5 heteroatoms. The summed E-state index contributed by atoms with van der Waals surface area (Å²) in [6, 6.07) is 5.14. The molecule has 1 heterocycles. The Balaban J connectivity index is 2.33. The minimum atomic E-state index is -0.572. The van der Waals surface area contributed by atoms with E-state index in [-0.39, 0.29) is 12.0 Å². The molecule has 0 bridgehead atoms. The van der Waals surface area contributed by atoms with Gasteiger partial charge in [-0.15, -0.1) is 0 Å². The molecule has 0 saturated carbocycles. The second kappa shape index (κ2) is 6.05. The zero-order chi connectivity index (χ0) is 14.7. The average Bonchev–Trinajstić information content (AvgIpc) is 2.43. The van der Waals surface area contributed by atoms with E-state index in [0.717, 1.165) is 17.0 Å². The van der Waals surface area contributed by atoms with Crippen LogP contribution in [-0.4, -0.2) is 10.2 Å². The van der Waals surface area contributed by atoms with Gasteiger partial charge in [0.1, 0.15) is 11.6 Å². The number of benzene rings is 1. The van der Waals surface area contributed by atoms with Gasteiger partial charge < -0.3 is 5.73 Å². The minimum absolute atomic E-state index is 0.0107. The van der Waals surface area contributed by atoms with Crippen molar-refractivity contribution in [3.8, 4) is 0 Å². The molecule has 0 saturated heterocycles. The van der Waals surface area contributed by atoms with Crippen LogP contribution in [0.1, 0.15) is 35.5 Å². The van der Waals surface area contributed by atoms with Gasteiger partial charge in [0, 0.05) is 11.6 Å². The van der Waals surface area contributed by atoms with E-state index in [1.807, 2.05) is 19.9 Å². The van der Waals surface area contributed by atoms with Gasteiger partial charge in [0.2, 0.25) is 0 Å². The van der Waals surface area contributed by atoms with Crippen molar-refractivity contribution in [1.82, 2.24) is 10.2 Å². The monoisotopic (exact) mass is 277 g/mol. The van der Waals surface area contributed by atoms with Crippen molar-refractivity contribution in [3.05, 3.63) is 58.4 Å². The lowest BCUT2D eigenvalue weighted by molar-refractivity contribution is 0.538. The third-order valence-corrected chi connectivity index (χ3v) is 3.25. The van der Waals surface area contributed by atoms with Crippen LogP contribution in [0.2, 0.25) is 0 Å². The Bertz CT molecular complexity index is 594. The number of aromatic nitrogens is 2. The molecule has 2 aromatic rings. The summed E-state index contributed by atoms with van der Waals surface area (Å²) >= 11 is 0. The first kappa shape index (κ1) is 14.5. The lowest BCUT2D eigenvalue weighted by Gasteiger charge is -2.16. The maximum atomic E-state index is 13.7. The van der Waals surface area contributed by atoms with E-state index < -0.39 is 17.7 Å². The van der Waals surface area contributed by atoms with Crippen LogP contribution in [0.15, 0.2) is 24.3 Å². The Morgan fingerprint density at radius 1 is 1.20 bits per heavy atom. The average molecular weight is 277 g/mol. The van der Waals surface area contributed by atoms with Crippen molar-refractivity contribution in [1.29, 1.82) is 0 Å². The molecular weight excluding hydrogens is 260 g/mol. The maximum absolute atomic E-state index is 13.7. The van der Waals surface area contributed by atoms with Crippen molar-refractivity contribution in [2.24, 2.45) is 5.73 Å². The van der Waals surface area contributed by atoms with Gasteiger partial charge in [-0.25, -0.2) is 8.78 Å². The number of aryl methyl sites for hydroxylation is 2. The van der Waals surface area contributed by atoms with Crippen molar-refractivity contribution < 1.29 is 8.78 Å². The predicted octanol–water partition coefficient (Wildman–Crippen LogP) is 2.87. The zero-order valence-corrected chi connectivity index (χ0v) is 11.5. The summed E-state index contributed by atoms with van der Waals surface area (Å²) in [6.45, 7) is 3.76. The lowest BCUT2D eigenvalue weighted by atomic mass is 9.97. The highest BCUT2D eigenvalue weighted by molar-refractivity contribution is 5.28. The van der Waals surface area contributed by atoms with Crippen LogP contribution in [0.5, 0.6) is 0 Å². The van der Waals surface area contributed by atoms with Gasteiger partial charge in [0.25, 0.3) is 0 Å². The first-order valence-electron chi connectivity index (χ1n) is 6.54. The van der Waals surface area contributed by atoms with Gasteiger partial charge in [0.05, 0.1) is 11.4 Å². The molecule has 0 amide bonds. The fourth-order valence-electron chi connectivity index (χ4n) is 2.19. The van der Waals surface area contributed by atoms with Crippen LogP contribution in [-0.2, 0) is 12.8 Å². The Morgan fingerprint density at radius 3 is 2.45 bits per heavy atom. The van der Waals surface area contributed by atoms with Crippen LogP contribution in [0, 0.1) is 18.6 Å². The van der Waals surface area contributed by atoms with Crippen molar-refractivity contribution in [2.45, 2.75) is 32.7 Å². The van der Waals surface area contributed by atoms with Crippen LogP contribution >= 0.6 is 0 Å². The highest BCUT2D eigenvalue weighted by Crippen LogP contribution is 2.22. The molecule has 0 aliphatic rings. The third kappa shape index (κ3) is 2.99. The number of nitrogens with zero attached hydrogens (tertiary/aromatic N) is 2. The molecule has 3 nitrogen and oxygen atoms in total. The number of halogens is 2. The summed E-state index contributed by atoms with van der Waals surface area (Å²) in [5.41, 5.74) is 8.42. The number of nitrogens with two attached hydrogens (primary N) is 1. The normalized spacial score (nSPS) is 12.4. The quantitative estimate of drug-likeness (QED) is 0.935. The summed E-state index contributed by atoms with van der Waals surface area (Å²) in [4.78, 5) is 0. The van der Waals surface area contributed by atoms with Crippen LogP contribution in [0.3, 0.4) is 0 Å². The Labute approximate surface area is 116 Å². The molecular formula is C15H17F2N3. The number of rotatable bonds is 4. The van der Waals surface area contributed by atoms with Crippen molar-refractivity contribution in [2.75, 3.05) is 0 Å². The van der Waals surface area contributed by atoms with E-state index in [1.54, 1.807) is 0 Å². The third-order valence-electron chi connectivity index (χ3n) is 3.25. The molecule has 0 aliphatic heterocycles. The largest absolute Gasteiger partial charge is 0.324 e. The molecule has 0 spiro atoms. The first-order chi connectivity index (χ1) is 9.52. The SMILES string of the molecule is CCc1nnc(C)cc1C(N)Cc1c(F)cccc1F. The molecule has 0 radical (unpaired) electrons. The summed E-state index contributed by atoms with van der Waals surface area (Å²) < 4.78 is 27.3. The fraction of sp³-hybridized carbons (Fsp3) is 0.333. The molecule has 1 unspecified atom stereocenters. The van der Waals surface area contributed by atoms with Crippen LogP contribution in [0.25, 0.3) is 0 Å². The first-order valence-corrected chi connectivity index (χ1v) is 6.54. The Hall–Kier alpha value is -1.88. The van der Waals surface area contributed by atoms with E-state index >= 15 is 0 Å². The summed E-state index contributed by atoms with van der Waals surface area (Å²) in [7, 11) is 0. The van der Waals surface area contributed by atoms with E-state index in [2.05, 4.69) is 10.2 Å². The van der Waals surface area contributed by atoms with Crippen LogP contribution in [0.4, 0.5) is 8.78 Å². The molecule has 2 N–H and O–H groups in total. The minimum Gasteiger partial charge on any atom is -0.324 e. The highest BCUT2D eigenvalue weighted by Gasteiger charge is 2.17. The van der Waals surface area contributed by atoms with E-state index in [4.69, 9.17) is 5.73 Å². The highest BCUT2D eigenvalue weighted by atomic mass is 19.1. The second-order valence-corrected chi connectivity index (χ2v) is 4.75. The second-order valence-electron chi connectivity index (χ2n) is 4.75. The lowest BCUT2D eigenvalue weighted by Crippen LogP contribution is -2.18. The van der Waals surface area contributed by atoms with Crippen molar-refractivity contribution in [3.63, 3.8) is 0 Å². The van der Waals surface area contributed by atoms with E-state index in [1.165, 1.54) is 18.2 Å². The number of hydrogen-bond acceptors (Lipinski definition) is 3. The van der Waals surface area contributed by atoms with E-state index in [9.17, 15) is 8.78 Å². The molecule has 2 rings (SSSR count). The number of hydrogen-bond donors (Lipinski definition) is 1. The molecule has 0 aliphatic carbocycles. The Morgan fingerprint density at radius 2 is 1.85 bits per heavy atom. The molecule has 1 aromatic carbocycles. The van der Waals surface area contributed by atoms with Gasteiger partial charge in [-0.1, -0.05) is 13.0 Å². The summed E-state index contributed by atoms with van der Waals surface area (Å²) in [6.07, 6.45) is 0.771. The molecule has 1 atom stereocenters. The maximum Gasteiger partial charge on any atom is 0.129 e. The van der Waals surface area contributed by atoms with Gasteiger partial charge >= 0.3 is 0 Å². The molecule has 0 fully saturated rings. The van der Waals surface area contributed by atoms with Gasteiger partial charge in [-0.2, -0.15) is 10.2 Å². The van der Waals surface area contributed by atoms with Gasteiger partial charge in [0.15, 0.2) is 0 Å². The van der Waals surface area contributed by atoms with Gasteiger partial charge in [-0.05, 0) is 43.5 Å². The topological polar surface area (TPSA) is 51.8 Å². The summed E-state index contributed by atoms with van der Waals surface area (Å²) in [5.74, 6) is -1.14. The van der Waals surface area contributed by atoms with Gasteiger partial charge in [-0.3, -0.25) is 0 Å². The molecule has 1 aromatic heterocycles. The zero-order valence-electron chi connectivity index (χ0n) is 11.5. The van der Waals surface area contributed by atoms with Crippen LogP contribution < -0.4 is 5.73 Å². The molecule has 20 heavy (non-hydrogen) atoms. The fourth-order valence-corrected chi connectivity index (χ4v) is 2.19.